The molecule has 1 fully saturated rings. The van der Waals surface area contributed by atoms with Gasteiger partial charge in [-0.3, -0.25) is 14.9 Å². The summed E-state index contributed by atoms with van der Waals surface area (Å²) in [5, 5.41) is 16.4. The van der Waals surface area contributed by atoms with Gasteiger partial charge in [0, 0.05) is 18.8 Å². The number of anilines is 1. The van der Waals surface area contributed by atoms with Crippen molar-refractivity contribution >= 4 is 15.7 Å². The SMILES string of the molecule is Cc1[nH]nc(CNC2CC2)c1S(=O)(=O)Nc1cn[nH]c1. The zero-order chi connectivity index (χ0) is 14.2. The van der Waals surface area contributed by atoms with E-state index < -0.39 is 10.0 Å². The molecule has 0 unspecified atom stereocenters. The van der Waals surface area contributed by atoms with Gasteiger partial charge in [0.2, 0.25) is 0 Å². The molecule has 3 rings (SSSR count). The Morgan fingerprint density at radius 3 is 2.90 bits per heavy atom. The van der Waals surface area contributed by atoms with Crippen LogP contribution in [0.5, 0.6) is 0 Å². The number of sulfonamides is 1. The van der Waals surface area contributed by atoms with Crippen LogP contribution < -0.4 is 10.0 Å². The second-order valence-corrected chi connectivity index (χ2v) is 6.49. The molecule has 0 aromatic carbocycles. The Balaban J connectivity index is 1.85. The van der Waals surface area contributed by atoms with Gasteiger partial charge in [-0.2, -0.15) is 10.2 Å². The largest absolute Gasteiger partial charge is 0.308 e. The highest BCUT2D eigenvalue weighted by Gasteiger charge is 2.27. The van der Waals surface area contributed by atoms with E-state index in [2.05, 4.69) is 30.4 Å². The summed E-state index contributed by atoms with van der Waals surface area (Å²) in [5.74, 6) is 0. The number of hydrogen-bond acceptors (Lipinski definition) is 5. The van der Waals surface area contributed by atoms with Crippen molar-refractivity contribution in [3.05, 3.63) is 23.8 Å². The van der Waals surface area contributed by atoms with Crippen LogP contribution in [0.25, 0.3) is 0 Å². The first-order chi connectivity index (χ1) is 9.56. The minimum Gasteiger partial charge on any atom is -0.308 e. The quantitative estimate of drug-likeness (QED) is 0.619. The molecule has 2 heterocycles. The molecule has 2 aromatic heterocycles. The molecule has 1 saturated carbocycles. The van der Waals surface area contributed by atoms with Gasteiger partial charge in [-0.15, -0.1) is 0 Å². The Hall–Kier alpha value is -1.87. The summed E-state index contributed by atoms with van der Waals surface area (Å²) in [4.78, 5) is 0.201. The lowest BCUT2D eigenvalue weighted by Crippen LogP contribution is -2.20. The van der Waals surface area contributed by atoms with Gasteiger partial charge in [0.15, 0.2) is 0 Å². The van der Waals surface area contributed by atoms with Crippen molar-refractivity contribution < 1.29 is 8.42 Å². The Labute approximate surface area is 116 Å². The van der Waals surface area contributed by atoms with Crippen molar-refractivity contribution in [3.63, 3.8) is 0 Å². The van der Waals surface area contributed by atoms with Crippen LogP contribution >= 0.6 is 0 Å². The Bertz CT molecular complexity index is 687. The number of aromatic nitrogens is 4. The van der Waals surface area contributed by atoms with E-state index in [9.17, 15) is 8.42 Å². The maximum atomic E-state index is 12.4. The smallest absolute Gasteiger partial charge is 0.265 e. The molecule has 0 bridgehead atoms. The fraction of sp³-hybridized carbons (Fsp3) is 0.455. The minimum atomic E-state index is -3.67. The summed E-state index contributed by atoms with van der Waals surface area (Å²) < 4.78 is 27.3. The highest BCUT2D eigenvalue weighted by atomic mass is 32.2. The molecule has 9 heteroatoms. The van der Waals surface area contributed by atoms with Crippen LogP contribution in [0.4, 0.5) is 5.69 Å². The Morgan fingerprint density at radius 1 is 1.45 bits per heavy atom. The molecule has 1 aliphatic rings. The van der Waals surface area contributed by atoms with E-state index in [-0.39, 0.29) is 4.90 Å². The summed E-state index contributed by atoms with van der Waals surface area (Å²) >= 11 is 0. The van der Waals surface area contributed by atoms with Crippen LogP contribution in [0, 0.1) is 6.92 Å². The van der Waals surface area contributed by atoms with Gasteiger partial charge in [-0.05, 0) is 19.8 Å². The van der Waals surface area contributed by atoms with E-state index in [4.69, 9.17) is 0 Å². The summed E-state index contributed by atoms with van der Waals surface area (Å²) in [6.45, 7) is 2.13. The molecule has 0 aliphatic heterocycles. The lowest BCUT2D eigenvalue weighted by atomic mass is 10.3. The van der Waals surface area contributed by atoms with Gasteiger partial charge in [0.1, 0.15) is 4.90 Å². The number of nitrogens with one attached hydrogen (secondary N) is 4. The Morgan fingerprint density at radius 2 is 2.25 bits per heavy atom. The van der Waals surface area contributed by atoms with Gasteiger partial charge < -0.3 is 5.32 Å². The third-order valence-electron chi connectivity index (χ3n) is 3.12. The zero-order valence-corrected chi connectivity index (χ0v) is 11.8. The highest BCUT2D eigenvalue weighted by molar-refractivity contribution is 7.92. The van der Waals surface area contributed by atoms with Crippen molar-refractivity contribution in [2.24, 2.45) is 0 Å². The fourth-order valence-corrected chi connectivity index (χ4v) is 3.39. The molecule has 108 valence electrons. The van der Waals surface area contributed by atoms with Crippen LogP contribution in [0.1, 0.15) is 24.2 Å². The topological polar surface area (TPSA) is 116 Å². The van der Waals surface area contributed by atoms with Crippen molar-refractivity contribution in [2.45, 2.75) is 37.2 Å². The van der Waals surface area contributed by atoms with Gasteiger partial charge in [0.25, 0.3) is 10.0 Å². The number of aromatic amines is 2. The number of rotatable bonds is 6. The predicted octanol–water partition coefficient (Wildman–Crippen LogP) is 0.494. The van der Waals surface area contributed by atoms with Gasteiger partial charge in [0.05, 0.1) is 23.3 Å². The van der Waals surface area contributed by atoms with E-state index in [0.717, 1.165) is 12.8 Å². The number of hydrogen-bond donors (Lipinski definition) is 4. The minimum absolute atomic E-state index is 0.201. The van der Waals surface area contributed by atoms with E-state index in [1.54, 1.807) is 6.92 Å². The highest BCUT2D eigenvalue weighted by Crippen LogP contribution is 2.23. The first-order valence-corrected chi connectivity index (χ1v) is 7.83. The standard InChI is InChI=1S/C11H16N6O2S/c1-7-11(10(16-15-7)6-12-8-2-3-8)20(18,19)17-9-4-13-14-5-9/h4-5,8,12,17H,2-3,6H2,1H3,(H,13,14)(H,15,16). The molecule has 0 amide bonds. The maximum Gasteiger partial charge on any atom is 0.265 e. The number of nitrogens with zero attached hydrogens (tertiary/aromatic N) is 2. The number of H-pyrrole nitrogens is 2. The van der Waals surface area contributed by atoms with Crippen LogP contribution in [-0.2, 0) is 16.6 Å². The van der Waals surface area contributed by atoms with Crippen molar-refractivity contribution in [3.8, 4) is 0 Å². The maximum absolute atomic E-state index is 12.4. The van der Waals surface area contributed by atoms with E-state index >= 15 is 0 Å². The van der Waals surface area contributed by atoms with E-state index in [1.165, 1.54) is 12.4 Å². The molecule has 0 spiro atoms. The molecule has 1 aliphatic carbocycles. The second kappa shape index (κ2) is 4.91. The molecular weight excluding hydrogens is 280 g/mol. The summed E-state index contributed by atoms with van der Waals surface area (Å²) in [6.07, 6.45) is 5.17. The van der Waals surface area contributed by atoms with Crippen LogP contribution in [-0.4, -0.2) is 34.9 Å². The molecule has 8 nitrogen and oxygen atoms in total. The number of aryl methyl sites for hydroxylation is 1. The summed E-state index contributed by atoms with van der Waals surface area (Å²) in [6, 6.07) is 0.490. The van der Waals surface area contributed by atoms with E-state index in [1.807, 2.05) is 0 Å². The van der Waals surface area contributed by atoms with Crippen molar-refractivity contribution in [1.29, 1.82) is 0 Å². The van der Waals surface area contributed by atoms with Crippen LogP contribution in [0.15, 0.2) is 17.3 Å². The molecule has 0 saturated heterocycles. The molecule has 2 aromatic rings. The van der Waals surface area contributed by atoms with E-state index in [0.29, 0.717) is 29.7 Å². The first-order valence-electron chi connectivity index (χ1n) is 6.35. The predicted molar refractivity (Wildman–Crippen MR) is 72.6 cm³/mol. The summed E-state index contributed by atoms with van der Waals surface area (Å²) in [5.41, 5.74) is 1.42. The third kappa shape index (κ3) is 2.68. The van der Waals surface area contributed by atoms with Crippen molar-refractivity contribution in [1.82, 2.24) is 25.7 Å². The Kier molecular flexibility index (Phi) is 3.22. The zero-order valence-electron chi connectivity index (χ0n) is 11.0. The molecule has 4 N–H and O–H groups in total. The normalized spacial score (nSPS) is 15.4. The first kappa shape index (κ1) is 13.1. The fourth-order valence-electron chi connectivity index (χ4n) is 1.99. The van der Waals surface area contributed by atoms with Crippen LogP contribution in [0.3, 0.4) is 0 Å². The van der Waals surface area contributed by atoms with Gasteiger partial charge in [-0.25, -0.2) is 8.42 Å². The molecular formula is C11H16N6O2S. The lowest BCUT2D eigenvalue weighted by molar-refractivity contribution is 0.596. The molecule has 0 radical (unpaired) electrons. The molecule has 0 atom stereocenters. The summed E-state index contributed by atoms with van der Waals surface area (Å²) in [7, 11) is -3.67. The average Bonchev–Trinajstić information content (AvgIpc) is 2.94. The van der Waals surface area contributed by atoms with Crippen molar-refractivity contribution in [2.75, 3.05) is 4.72 Å². The van der Waals surface area contributed by atoms with Gasteiger partial charge >= 0.3 is 0 Å². The molecule has 20 heavy (non-hydrogen) atoms. The third-order valence-corrected chi connectivity index (χ3v) is 4.70. The average molecular weight is 296 g/mol. The van der Waals surface area contributed by atoms with Gasteiger partial charge in [-0.1, -0.05) is 0 Å². The monoisotopic (exact) mass is 296 g/mol. The van der Waals surface area contributed by atoms with Crippen LogP contribution in [0.2, 0.25) is 0 Å². The second-order valence-electron chi connectivity index (χ2n) is 4.87. The lowest BCUT2D eigenvalue weighted by Gasteiger charge is -2.07.